The molecule has 0 radical (unpaired) electrons. The summed E-state index contributed by atoms with van der Waals surface area (Å²) in [5.41, 5.74) is 0.681. The smallest absolute Gasteiger partial charge is 0.344 e. The second-order valence-corrected chi connectivity index (χ2v) is 5.71. The zero-order chi connectivity index (χ0) is 19.4. The Hall–Kier alpha value is -3.42. The van der Waals surface area contributed by atoms with Crippen LogP contribution in [0.5, 0.6) is 23.0 Å². The zero-order valence-electron chi connectivity index (χ0n) is 14.7. The Morgan fingerprint density at radius 1 is 1.19 bits per heavy atom. The van der Waals surface area contributed by atoms with Crippen LogP contribution in [0, 0.1) is 0 Å². The molecule has 2 N–H and O–H groups in total. The summed E-state index contributed by atoms with van der Waals surface area (Å²) < 4.78 is 15.3. The van der Waals surface area contributed by atoms with Crippen LogP contribution >= 0.6 is 0 Å². The van der Waals surface area contributed by atoms with Crippen molar-refractivity contribution in [2.75, 3.05) is 31.3 Å². The summed E-state index contributed by atoms with van der Waals surface area (Å²) in [4.78, 5) is 25.7. The minimum atomic E-state index is -0.638. The average molecular weight is 373 g/mol. The van der Waals surface area contributed by atoms with Crippen molar-refractivity contribution in [3.8, 4) is 23.0 Å². The van der Waals surface area contributed by atoms with Gasteiger partial charge in [0.25, 0.3) is 5.91 Å². The van der Waals surface area contributed by atoms with Crippen molar-refractivity contribution in [2.24, 2.45) is 0 Å². The molecule has 0 aromatic heterocycles. The molecule has 2 aromatic carbocycles. The first kappa shape index (κ1) is 18.4. The molecule has 0 spiro atoms. The minimum absolute atomic E-state index is 0.0742. The molecule has 0 atom stereocenters. The van der Waals surface area contributed by atoms with Crippen molar-refractivity contribution in [3.05, 3.63) is 42.0 Å². The average Bonchev–Trinajstić information content (AvgIpc) is 2.66. The molecule has 27 heavy (non-hydrogen) atoms. The number of hydrogen-bond donors (Lipinski definition) is 2. The fourth-order valence-corrected chi connectivity index (χ4v) is 2.74. The highest BCUT2D eigenvalue weighted by molar-refractivity contribution is 6.07. The van der Waals surface area contributed by atoms with Gasteiger partial charge in [-0.25, -0.2) is 4.79 Å². The van der Waals surface area contributed by atoms with Crippen LogP contribution in [0.1, 0.15) is 17.3 Å². The van der Waals surface area contributed by atoms with Gasteiger partial charge in [-0.15, -0.1) is 0 Å². The van der Waals surface area contributed by atoms with Crippen LogP contribution < -0.4 is 14.4 Å². The van der Waals surface area contributed by atoms with E-state index >= 15 is 0 Å². The number of para-hydroxylation sites is 2. The largest absolute Gasteiger partial charge is 0.504 e. The van der Waals surface area contributed by atoms with Gasteiger partial charge in [0.15, 0.2) is 18.1 Å². The fourth-order valence-electron chi connectivity index (χ4n) is 2.74. The molecule has 1 heterocycles. The van der Waals surface area contributed by atoms with E-state index in [1.807, 2.05) is 0 Å². The molecule has 8 heteroatoms. The Morgan fingerprint density at radius 2 is 1.89 bits per heavy atom. The monoisotopic (exact) mass is 373 g/mol. The maximum atomic E-state index is 12.9. The van der Waals surface area contributed by atoms with Crippen LogP contribution in [0.4, 0.5) is 5.69 Å². The van der Waals surface area contributed by atoms with E-state index in [0.29, 0.717) is 24.6 Å². The number of hydrogen-bond acceptors (Lipinski definition) is 7. The van der Waals surface area contributed by atoms with Crippen molar-refractivity contribution >= 4 is 17.6 Å². The van der Waals surface area contributed by atoms with E-state index in [2.05, 4.69) is 0 Å². The van der Waals surface area contributed by atoms with Gasteiger partial charge in [-0.3, -0.25) is 4.79 Å². The molecule has 0 fully saturated rings. The maximum absolute atomic E-state index is 12.9. The molecule has 2 aromatic rings. The van der Waals surface area contributed by atoms with Crippen LogP contribution in [-0.2, 0) is 9.53 Å². The summed E-state index contributed by atoms with van der Waals surface area (Å²) in [6, 6.07) is 9.47. The molecular weight excluding hydrogens is 354 g/mol. The van der Waals surface area contributed by atoms with Crippen LogP contribution in [0.3, 0.4) is 0 Å². The second-order valence-electron chi connectivity index (χ2n) is 5.71. The Bertz CT molecular complexity index is 842. The van der Waals surface area contributed by atoms with Crippen molar-refractivity contribution in [2.45, 2.75) is 6.92 Å². The van der Waals surface area contributed by atoms with E-state index in [1.165, 1.54) is 17.0 Å². The third-order valence-corrected chi connectivity index (χ3v) is 3.91. The third-order valence-electron chi connectivity index (χ3n) is 3.91. The SMILES string of the molecule is CCOC(=O)COc1c(O)cc(C(=O)N2CCOc3ccccc32)cc1O. The normalized spacial score (nSPS) is 12.7. The lowest BCUT2D eigenvalue weighted by Gasteiger charge is -2.29. The number of phenolic OH excluding ortho intramolecular Hbond substituents is 2. The first-order valence-electron chi connectivity index (χ1n) is 8.39. The van der Waals surface area contributed by atoms with Gasteiger partial charge in [0.05, 0.1) is 18.8 Å². The predicted octanol–water partition coefficient (Wildman–Crippen LogP) is 2.08. The van der Waals surface area contributed by atoms with E-state index in [4.69, 9.17) is 14.2 Å². The summed E-state index contributed by atoms with van der Waals surface area (Å²) in [6.45, 7) is 2.03. The number of rotatable bonds is 5. The molecule has 142 valence electrons. The summed E-state index contributed by atoms with van der Waals surface area (Å²) in [6.07, 6.45) is 0. The molecule has 8 nitrogen and oxygen atoms in total. The molecular formula is C19H19NO7. The summed E-state index contributed by atoms with van der Waals surface area (Å²) in [7, 11) is 0. The number of aromatic hydroxyl groups is 2. The summed E-state index contributed by atoms with van der Waals surface area (Å²) in [5.74, 6) is -1.66. The highest BCUT2D eigenvalue weighted by Crippen LogP contribution is 2.38. The predicted molar refractivity (Wildman–Crippen MR) is 95.5 cm³/mol. The molecule has 1 amide bonds. The van der Waals surface area contributed by atoms with Crippen LogP contribution in [0.2, 0.25) is 0 Å². The van der Waals surface area contributed by atoms with Gasteiger partial charge in [-0.1, -0.05) is 12.1 Å². The zero-order valence-corrected chi connectivity index (χ0v) is 14.7. The lowest BCUT2D eigenvalue weighted by Crippen LogP contribution is -2.37. The molecule has 1 aliphatic rings. The number of amides is 1. The first-order valence-corrected chi connectivity index (χ1v) is 8.39. The minimum Gasteiger partial charge on any atom is -0.504 e. The highest BCUT2D eigenvalue weighted by atomic mass is 16.6. The number of ether oxygens (including phenoxy) is 3. The molecule has 0 saturated heterocycles. The summed E-state index contributed by atoms with van der Waals surface area (Å²) >= 11 is 0. The van der Waals surface area contributed by atoms with E-state index in [9.17, 15) is 19.8 Å². The molecule has 0 saturated carbocycles. The van der Waals surface area contributed by atoms with Gasteiger partial charge in [0.2, 0.25) is 5.75 Å². The van der Waals surface area contributed by atoms with E-state index < -0.39 is 30.0 Å². The number of carbonyl (C=O) groups is 2. The van der Waals surface area contributed by atoms with E-state index in [1.54, 1.807) is 31.2 Å². The number of benzene rings is 2. The standard InChI is InChI=1S/C19H19NO7/c1-2-25-17(23)11-27-18-14(21)9-12(10-15(18)22)19(24)20-7-8-26-16-6-4-3-5-13(16)20/h3-6,9-10,21-22H,2,7-8,11H2,1H3. The van der Waals surface area contributed by atoms with Crippen LogP contribution in [0.15, 0.2) is 36.4 Å². The Morgan fingerprint density at radius 3 is 2.59 bits per heavy atom. The number of phenols is 2. The van der Waals surface area contributed by atoms with Crippen molar-refractivity contribution in [3.63, 3.8) is 0 Å². The Balaban J connectivity index is 1.82. The van der Waals surface area contributed by atoms with Crippen LogP contribution in [-0.4, -0.2) is 48.5 Å². The Kier molecular flexibility index (Phi) is 5.35. The van der Waals surface area contributed by atoms with Crippen molar-refractivity contribution in [1.82, 2.24) is 0 Å². The molecule has 0 bridgehead atoms. The quantitative estimate of drug-likeness (QED) is 0.773. The second kappa shape index (κ2) is 7.86. The number of nitrogens with zero attached hydrogens (tertiary/aromatic N) is 1. The van der Waals surface area contributed by atoms with Gasteiger partial charge in [-0.2, -0.15) is 0 Å². The lowest BCUT2D eigenvalue weighted by atomic mass is 10.1. The van der Waals surface area contributed by atoms with Crippen LogP contribution in [0.25, 0.3) is 0 Å². The number of esters is 1. The number of carbonyl (C=O) groups excluding carboxylic acids is 2. The molecule has 0 aliphatic carbocycles. The Labute approximate surface area is 155 Å². The lowest BCUT2D eigenvalue weighted by molar-refractivity contribution is -0.145. The van der Waals surface area contributed by atoms with Gasteiger partial charge in [-0.05, 0) is 31.2 Å². The fraction of sp³-hybridized carbons (Fsp3) is 0.263. The van der Waals surface area contributed by atoms with E-state index in [0.717, 1.165) is 0 Å². The van der Waals surface area contributed by atoms with Gasteiger partial charge in [0, 0.05) is 5.56 Å². The maximum Gasteiger partial charge on any atom is 0.344 e. The number of fused-ring (bicyclic) bond motifs is 1. The van der Waals surface area contributed by atoms with Crippen molar-refractivity contribution < 1.29 is 34.0 Å². The van der Waals surface area contributed by atoms with Crippen molar-refractivity contribution in [1.29, 1.82) is 0 Å². The highest BCUT2D eigenvalue weighted by Gasteiger charge is 2.26. The van der Waals surface area contributed by atoms with Gasteiger partial charge in [0.1, 0.15) is 12.4 Å². The number of anilines is 1. The van der Waals surface area contributed by atoms with Gasteiger partial charge < -0.3 is 29.3 Å². The third kappa shape index (κ3) is 3.89. The molecule has 1 aliphatic heterocycles. The van der Waals surface area contributed by atoms with Gasteiger partial charge >= 0.3 is 5.97 Å². The van der Waals surface area contributed by atoms with E-state index in [-0.39, 0.29) is 17.9 Å². The molecule has 0 unspecified atom stereocenters. The first-order chi connectivity index (χ1) is 13.0. The summed E-state index contributed by atoms with van der Waals surface area (Å²) in [5, 5.41) is 20.2. The molecule has 3 rings (SSSR count). The topological polar surface area (TPSA) is 106 Å².